The van der Waals surface area contributed by atoms with Gasteiger partial charge in [-0.1, -0.05) is 24.3 Å². The molecule has 2 N–H and O–H groups in total. The molecule has 0 radical (unpaired) electrons. The van der Waals surface area contributed by atoms with Crippen LogP contribution in [0.3, 0.4) is 0 Å². The molecule has 2 atom stereocenters. The van der Waals surface area contributed by atoms with Gasteiger partial charge >= 0.3 is 0 Å². The first-order valence-electron chi connectivity index (χ1n) is 8.50. The molecular weight excluding hydrogens is 316 g/mol. The molecule has 2 aromatic carbocycles. The molecule has 1 heterocycles. The molecule has 0 fully saturated rings. The lowest BCUT2D eigenvalue weighted by molar-refractivity contribution is -0.114. The average Bonchev–Trinajstić information content (AvgIpc) is 3.02. The Morgan fingerprint density at radius 1 is 1.32 bits per heavy atom. The number of carbonyl (C=O) groups excluding carboxylic acids is 1. The van der Waals surface area contributed by atoms with Crippen molar-refractivity contribution in [2.24, 2.45) is 0 Å². The highest BCUT2D eigenvalue weighted by Gasteiger charge is 2.22. The molecule has 1 aliphatic rings. The lowest BCUT2D eigenvalue weighted by atomic mass is 10.1. The summed E-state index contributed by atoms with van der Waals surface area (Å²) in [5.41, 5.74) is 3.03. The van der Waals surface area contributed by atoms with Gasteiger partial charge in [0.05, 0.1) is 12.8 Å². The van der Waals surface area contributed by atoms with E-state index in [2.05, 4.69) is 23.6 Å². The van der Waals surface area contributed by atoms with Crippen LogP contribution in [0.2, 0.25) is 0 Å². The number of carbonyl (C=O) groups is 1. The molecule has 0 unspecified atom stereocenters. The second-order valence-corrected chi connectivity index (χ2v) is 6.32. The molecule has 2 aromatic rings. The van der Waals surface area contributed by atoms with Gasteiger partial charge in [0.25, 0.3) is 0 Å². The van der Waals surface area contributed by atoms with Gasteiger partial charge in [0.2, 0.25) is 5.91 Å². The summed E-state index contributed by atoms with van der Waals surface area (Å²) in [7, 11) is 1.59. The van der Waals surface area contributed by atoms with Crippen LogP contribution >= 0.6 is 0 Å². The molecule has 0 saturated carbocycles. The lowest BCUT2D eigenvalue weighted by Crippen LogP contribution is -2.31. The Kier molecular flexibility index (Phi) is 5.24. The van der Waals surface area contributed by atoms with Gasteiger partial charge in [0.15, 0.2) is 0 Å². The number of fused-ring (bicyclic) bond motifs is 1. The van der Waals surface area contributed by atoms with Crippen LogP contribution < -0.4 is 20.1 Å². The Bertz CT molecular complexity index is 735. The standard InChI is InChI=1S/C20H24N2O3/c1-13(15-8-9-20(24-3)18(11-15)22-14(2)23)21-12-17-10-16-6-4-5-7-19(16)25-17/h4-9,11,13,17,21H,10,12H2,1-3H3,(H,22,23)/t13-,17-/m1/s1. The number of rotatable bonds is 6. The summed E-state index contributed by atoms with van der Waals surface area (Å²) in [5.74, 6) is 1.52. The third kappa shape index (κ3) is 4.12. The van der Waals surface area contributed by atoms with Crippen molar-refractivity contribution in [2.45, 2.75) is 32.4 Å². The van der Waals surface area contributed by atoms with Gasteiger partial charge in [0.1, 0.15) is 17.6 Å². The third-order valence-corrected chi connectivity index (χ3v) is 4.40. The van der Waals surface area contributed by atoms with Crippen molar-refractivity contribution < 1.29 is 14.3 Å². The highest BCUT2D eigenvalue weighted by molar-refractivity contribution is 5.90. The number of hydrogen-bond donors (Lipinski definition) is 2. The summed E-state index contributed by atoms with van der Waals surface area (Å²) in [6.45, 7) is 4.35. The molecule has 1 aliphatic heterocycles. The SMILES string of the molecule is COc1ccc([C@@H](C)NC[C@H]2Cc3ccccc3O2)cc1NC(C)=O. The van der Waals surface area contributed by atoms with Crippen LogP contribution in [-0.4, -0.2) is 25.7 Å². The molecule has 25 heavy (non-hydrogen) atoms. The number of anilines is 1. The van der Waals surface area contributed by atoms with Gasteiger partial charge in [-0.3, -0.25) is 4.79 Å². The Hall–Kier alpha value is -2.53. The first-order valence-corrected chi connectivity index (χ1v) is 8.50. The smallest absolute Gasteiger partial charge is 0.221 e. The number of benzene rings is 2. The maximum absolute atomic E-state index is 11.4. The fourth-order valence-corrected chi connectivity index (χ4v) is 3.08. The second kappa shape index (κ2) is 7.57. The second-order valence-electron chi connectivity index (χ2n) is 6.32. The maximum Gasteiger partial charge on any atom is 0.221 e. The van der Waals surface area contributed by atoms with Crippen molar-refractivity contribution in [3.63, 3.8) is 0 Å². The minimum Gasteiger partial charge on any atom is -0.495 e. The Morgan fingerprint density at radius 2 is 2.12 bits per heavy atom. The molecule has 5 heteroatoms. The fourth-order valence-electron chi connectivity index (χ4n) is 3.08. The molecule has 132 valence electrons. The van der Waals surface area contributed by atoms with Crippen molar-refractivity contribution >= 4 is 11.6 Å². The molecular formula is C20H24N2O3. The molecule has 1 amide bonds. The first kappa shape index (κ1) is 17.3. The van der Waals surface area contributed by atoms with Gasteiger partial charge in [-0.2, -0.15) is 0 Å². The minimum atomic E-state index is -0.117. The Balaban J connectivity index is 1.62. The van der Waals surface area contributed by atoms with Crippen molar-refractivity contribution in [3.8, 4) is 11.5 Å². The number of ether oxygens (including phenoxy) is 2. The summed E-state index contributed by atoms with van der Waals surface area (Å²) in [5, 5.41) is 6.33. The molecule has 0 aliphatic carbocycles. The van der Waals surface area contributed by atoms with Crippen LogP contribution in [-0.2, 0) is 11.2 Å². The third-order valence-electron chi connectivity index (χ3n) is 4.40. The Labute approximate surface area is 148 Å². The number of methoxy groups -OCH3 is 1. The van der Waals surface area contributed by atoms with E-state index in [4.69, 9.17) is 9.47 Å². The number of nitrogens with one attached hydrogen (secondary N) is 2. The monoisotopic (exact) mass is 340 g/mol. The van der Waals surface area contributed by atoms with E-state index in [1.807, 2.05) is 36.4 Å². The van der Waals surface area contributed by atoms with Crippen molar-refractivity contribution in [3.05, 3.63) is 53.6 Å². The van der Waals surface area contributed by atoms with Crippen molar-refractivity contribution in [1.82, 2.24) is 5.32 Å². The summed E-state index contributed by atoms with van der Waals surface area (Å²) < 4.78 is 11.3. The predicted octanol–water partition coefficient (Wildman–Crippen LogP) is 3.31. The van der Waals surface area contributed by atoms with E-state index >= 15 is 0 Å². The number of hydrogen-bond acceptors (Lipinski definition) is 4. The van der Waals surface area contributed by atoms with E-state index in [0.717, 1.165) is 24.3 Å². The van der Waals surface area contributed by atoms with E-state index < -0.39 is 0 Å². The largest absolute Gasteiger partial charge is 0.495 e. The molecule has 0 saturated heterocycles. The summed E-state index contributed by atoms with van der Waals surface area (Å²) in [6, 6.07) is 14.1. The zero-order chi connectivity index (χ0) is 17.8. The van der Waals surface area contributed by atoms with Gasteiger partial charge in [-0.25, -0.2) is 0 Å². The van der Waals surface area contributed by atoms with Crippen LogP contribution in [0.25, 0.3) is 0 Å². The van der Waals surface area contributed by atoms with Gasteiger partial charge < -0.3 is 20.1 Å². The molecule has 3 rings (SSSR count). The van der Waals surface area contributed by atoms with E-state index in [0.29, 0.717) is 11.4 Å². The van der Waals surface area contributed by atoms with Crippen LogP contribution in [0.4, 0.5) is 5.69 Å². The molecule has 0 spiro atoms. The predicted molar refractivity (Wildman–Crippen MR) is 98.3 cm³/mol. The average molecular weight is 340 g/mol. The highest BCUT2D eigenvalue weighted by Crippen LogP contribution is 2.30. The van der Waals surface area contributed by atoms with Gasteiger partial charge in [-0.05, 0) is 36.2 Å². The minimum absolute atomic E-state index is 0.117. The normalized spacial score (nSPS) is 16.7. The first-order chi connectivity index (χ1) is 12.1. The maximum atomic E-state index is 11.4. The lowest BCUT2D eigenvalue weighted by Gasteiger charge is -2.19. The molecule has 5 nitrogen and oxygen atoms in total. The van der Waals surface area contributed by atoms with Gasteiger partial charge in [-0.15, -0.1) is 0 Å². The van der Waals surface area contributed by atoms with Gasteiger partial charge in [0, 0.05) is 25.9 Å². The molecule has 0 aromatic heterocycles. The zero-order valence-electron chi connectivity index (χ0n) is 14.8. The van der Waals surface area contributed by atoms with Crippen LogP contribution in [0.15, 0.2) is 42.5 Å². The fraction of sp³-hybridized carbons (Fsp3) is 0.350. The summed E-state index contributed by atoms with van der Waals surface area (Å²) in [6.07, 6.45) is 1.07. The number of para-hydroxylation sites is 1. The quantitative estimate of drug-likeness (QED) is 0.847. The summed E-state index contributed by atoms with van der Waals surface area (Å²) >= 11 is 0. The molecule has 0 bridgehead atoms. The van der Waals surface area contributed by atoms with Crippen LogP contribution in [0.5, 0.6) is 11.5 Å². The Morgan fingerprint density at radius 3 is 2.84 bits per heavy atom. The van der Waals surface area contributed by atoms with E-state index in [1.54, 1.807) is 7.11 Å². The van der Waals surface area contributed by atoms with Crippen molar-refractivity contribution in [2.75, 3.05) is 19.0 Å². The van der Waals surface area contributed by atoms with Crippen LogP contribution in [0.1, 0.15) is 31.0 Å². The van der Waals surface area contributed by atoms with Crippen LogP contribution in [0, 0.1) is 0 Å². The zero-order valence-corrected chi connectivity index (χ0v) is 14.8. The highest BCUT2D eigenvalue weighted by atomic mass is 16.5. The van der Waals surface area contributed by atoms with Crippen molar-refractivity contribution in [1.29, 1.82) is 0 Å². The number of amides is 1. The van der Waals surface area contributed by atoms with E-state index in [1.165, 1.54) is 12.5 Å². The van der Waals surface area contributed by atoms with E-state index in [9.17, 15) is 4.79 Å². The van der Waals surface area contributed by atoms with E-state index in [-0.39, 0.29) is 18.1 Å². The topological polar surface area (TPSA) is 59.6 Å². The summed E-state index contributed by atoms with van der Waals surface area (Å²) in [4.78, 5) is 11.4.